The van der Waals surface area contributed by atoms with Crippen molar-refractivity contribution < 1.29 is 13.2 Å². The topological polar surface area (TPSA) is 76.1 Å². The summed E-state index contributed by atoms with van der Waals surface area (Å²) in [4.78, 5) is 17.0. The monoisotopic (exact) mass is 378 g/mol. The van der Waals surface area contributed by atoms with Gasteiger partial charge < -0.3 is 5.32 Å². The van der Waals surface area contributed by atoms with E-state index in [1.807, 2.05) is 12.1 Å². The summed E-state index contributed by atoms with van der Waals surface area (Å²) >= 11 is 0. The summed E-state index contributed by atoms with van der Waals surface area (Å²) in [5, 5.41) is 2.87. The van der Waals surface area contributed by atoms with Crippen molar-refractivity contribution >= 4 is 21.4 Å². The zero-order chi connectivity index (χ0) is 18.9. The molecular weight excluding hydrogens is 360 g/mol. The second kappa shape index (κ2) is 6.96. The number of carbonyl (C=O) groups excluding carboxylic acids is 1. The van der Waals surface area contributed by atoms with Gasteiger partial charge in [-0.05, 0) is 60.4 Å². The Bertz CT molecular complexity index is 1050. The number of hydrogen-bond acceptors (Lipinski definition) is 4. The first kappa shape index (κ1) is 17.4. The van der Waals surface area contributed by atoms with Crippen LogP contribution in [0, 0.1) is 5.92 Å². The highest BCUT2D eigenvalue weighted by Gasteiger charge is 2.44. The Hall–Kier alpha value is -2.99. The molecule has 1 N–H and O–H groups in total. The molecule has 1 saturated carbocycles. The molecule has 1 aliphatic rings. The summed E-state index contributed by atoms with van der Waals surface area (Å²) in [5.41, 5.74) is 1.66. The third-order valence-corrected chi connectivity index (χ3v) is 6.51. The Morgan fingerprint density at radius 3 is 2.30 bits per heavy atom. The van der Waals surface area contributed by atoms with E-state index in [2.05, 4.69) is 10.3 Å². The number of anilines is 1. The number of carbonyl (C=O) groups is 1. The zero-order valence-electron chi connectivity index (χ0n) is 14.4. The van der Waals surface area contributed by atoms with Gasteiger partial charge in [-0.2, -0.15) is 0 Å². The summed E-state index contributed by atoms with van der Waals surface area (Å²) < 4.78 is 25.2. The van der Waals surface area contributed by atoms with Gasteiger partial charge in [-0.15, -0.1) is 0 Å². The van der Waals surface area contributed by atoms with Crippen LogP contribution < -0.4 is 5.32 Å². The van der Waals surface area contributed by atoms with Gasteiger partial charge in [0.15, 0.2) is 0 Å². The molecule has 1 aromatic heterocycles. The molecule has 2 atom stereocenters. The van der Waals surface area contributed by atoms with Crippen molar-refractivity contribution in [3.8, 4) is 0 Å². The second-order valence-corrected chi connectivity index (χ2v) is 8.51. The van der Waals surface area contributed by atoms with E-state index in [0.717, 1.165) is 12.0 Å². The number of hydrogen-bond donors (Lipinski definition) is 1. The first-order valence-corrected chi connectivity index (χ1v) is 10.1. The molecule has 2 aromatic carbocycles. The van der Waals surface area contributed by atoms with Gasteiger partial charge in [0.1, 0.15) is 0 Å². The van der Waals surface area contributed by atoms with Crippen LogP contribution in [0.1, 0.15) is 17.9 Å². The molecule has 136 valence electrons. The smallest absolute Gasteiger partial charge is 0.228 e. The lowest BCUT2D eigenvalue weighted by atomic mass is 10.1. The van der Waals surface area contributed by atoms with Crippen molar-refractivity contribution in [1.29, 1.82) is 0 Å². The van der Waals surface area contributed by atoms with Gasteiger partial charge in [0.2, 0.25) is 15.7 Å². The number of sulfone groups is 1. The molecule has 1 heterocycles. The largest absolute Gasteiger partial charge is 0.326 e. The molecular formula is C21H18N2O3S. The van der Waals surface area contributed by atoms with Crippen molar-refractivity contribution in [1.82, 2.24) is 4.98 Å². The van der Waals surface area contributed by atoms with Crippen LogP contribution in [0.2, 0.25) is 0 Å². The van der Waals surface area contributed by atoms with E-state index in [9.17, 15) is 13.2 Å². The van der Waals surface area contributed by atoms with E-state index >= 15 is 0 Å². The van der Waals surface area contributed by atoms with Crippen LogP contribution in [-0.2, 0) is 14.6 Å². The van der Waals surface area contributed by atoms with Crippen LogP contribution in [-0.4, -0.2) is 19.3 Å². The van der Waals surface area contributed by atoms with Gasteiger partial charge in [-0.1, -0.05) is 24.3 Å². The van der Waals surface area contributed by atoms with Crippen molar-refractivity contribution in [2.75, 3.05) is 5.32 Å². The number of aromatic nitrogens is 1. The highest BCUT2D eigenvalue weighted by molar-refractivity contribution is 7.91. The fraction of sp³-hybridized carbons (Fsp3) is 0.143. The molecule has 0 radical (unpaired) electrons. The fourth-order valence-corrected chi connectivity index (χ4v) is 4.42. The third kappa shape index (κ3) is 3.61. The average molecular weight is 378 g/mol. The standard InChI is InChI=1S/C21H18N2O3S/c24-21(20-13-19(20)15-5-4-12-22-14-15)23-16-8-10-18(11-9-16)27(25,26)17-6-2-1-3-7-17/h1-12,14,19-20H,13H2,(H,23,24). The first-order chi connectivity index (χ1) is 13.1. The zero-order valence-corrected chi connectivity index (χ0v) is 15.3. The normalized spacial score (nSPS) is 18.7. The first-order valence-electron chi connectivity index (χ1n) is 8.67. The van der Waals surface area contributed by atoms with Gasteiger partial charge in [0.25, 0.3) is 0 Å². The van der Waals surface area contributed by atoms with Crippen LogP contribution >= 0.6 is 0 Å². The molecule has 4 rings (SSSR count). The van der Waals surface area contributed by atoms with Gasteiger partial charge in [0.05, 0.1) is 9.79 Å². The molecule has 0 saturated heterocycles. The van der Waals surface area contributed by atoms with Crippen molar-refractivity contribution in [3.63, 3.8) is 0 Å². The summed E-state index contributed by atoms with van der Waals surface area (Å²) in [5.74, 6) is 0.0841. The lowest BCUT2D eigenvalue weighted by Gasteiger charge is -2.08. The van der Waals surface area contributed by atoms with Crippen molar-refractivity contribution in [2.24, 2.45) is 5.92 Å². The number of rotatable bonds is 5. The van der Waals surface area contributed by atoms with Crippen molar-refractivity contribution in [2.45, 2.75) is 22.1 Å². The SMILES string of the molecule is O=C(Nc1ccc(S(=O)(=O)c2ccccc2)cc1)C1CC1c1cccnc1. The molecule has 1 amide bonds. The molecule has 1 fully saturated rings. The highest BCUT2D eigenvalue weighted by atomic mass is 32.2. The van der Waals surface area contributed by atoms with Gasteiger partial charge >= 0.3 is 0 Å². The molecule has 0 spiro atoms. The molecule has 1 aliphatic carbocycles. The Balaban J connectivity index is 1.44. The van der Waals surface area contributed by atoms with E-state index < -0.39 is 9.84 Å². The number of amides is 1. The quantitative estimate of drug-likeness (QED) is 0.735. The summed E-state index contributed by atoms with van der Waals surface area (Å²) in [7, 11) is -3.55. The molecule has 27 heavy (non-hydrogen) atoms. The maximum atomic E-state index is 12.6. The minimum atomic E-state index is -3.55. The van der Waals surface area contributed by atoms with Crippen LogP contribution in [0.25, 0.3) is 0 Å². The fourth-order valence-electron chi connectivity index (χ4n) is 3.14. The lowest BCUT2D eigenvalue weighted by Crippen LogP contribution is -2.14. The van der Waals surface area contributed by atoms with Crippen molar-refractivity contribution in [3.05, 3.63) is 84.7 Å². The number of nitrogens with one attached hydrogen (secondary N) is 1. The molecule has 0 bridgehead atoms. The predicted molar refractivity (Wildman–Crippen MR) is 102 cm³/mol. The summed E-state index contributed by atoms with van der Waals surface area (Å²) in [6.07, 6.45) is 4.31. The maximum Gasteiger partial charge on any atom is 0.228 e. The van der Waals surface area contributed by atoms with E-state index in [0.29, 0.717) is 5.69 Å². The van der Waals surface area contributed by atoms with E-state index in [4.69, 9.17) is 0 Å². The molecule has 0 aliphatic heterocycles. The third-order valence-electron chi connectivity index (χ3n) is 4.73. The Morgan fingerprint density at radius 1 is 0.926 bits per heavy atom. The predicted octanol–water partition coefficient (Wildman–Crippen LogP) is 3.66. The van der Waals surface area contributed by atoms with Crippen LogP contribution in [0.15, 0.2) is 88.9 Å². The molecule has 6 heteroatoms. The van der Waals surface area contributed by atoms with Gasteiger partial charge in [-0.3, -0.25) is 9.78 Å². The Labute approximate surface area is 158 Å². The van der Waals surface area contributed by atoms with E-state index in [1.54, 1.807) is 54.9 Å². The lowest BCUT2D eigenvalue weighted by molar-refractivity contribution is -0.117. The van der Waals surface area contributed by atoms with Crippen LogP contribution in [0.4, 0.5) is 5.69 Å². The number of nitrogens with zero attached hydrogens (tertiary/aromatic N) is 1. The Kier molecular flexibility index (Phi) is 4.49. The van der Waals surface area contributed by atoms with Crippen LogP contribution in [0.3, 0.4) is 0 Å². The number of pyridine rings is 1. The highest BCUT2D eigenvalue weighted by Crippen LogP contribution is 2.47. The maximum absolute atomic E-state index is 12.6. The number of benzene rings is 2. The van der Waals surface area contributed by atoms with E-state index in [-0.39, 0.29) is 27.5 Å². The second-order valence-electron chi connectivity index (χ2n) is 6.57. The Morgan fingerprint density at radius 2 is 1.63 bits per heavy atom. The minimum absolute atomic E-state index is 0.0532. The molecule has 2 unspecified atom stereocenters. The minimum Gasteiger partial charge on any atom is -0.326 e. The molecule has 3 aromatic rings. The summed E-state index contributed by atoms with van der Waals surface area (Å²) in [6, 6.07) is 18.4. The van der Waals surface area contributed by atoms with Gasteiger partial charge in [-0.25, -0.2) is 8.42 Å². The summed E-state index contributed by atoms with van der Waals surface area (Å²) in [6.45, 7) is 0. The van der Waals surface area contributed by atoms with E-state index in [1.165, 1.54) is 12.1 Å². The molecule has 5 nitrogen and oxygen atoms in total. The van der Waals surface area contributed by atoms with Crippen LogP contribution in [0.5, 0.6) is 0 Å². The van der Waals surface area contributed by atoms with Gasteiger partial charge in [0, 0.05) is 24.0 Å². The average Bonchev–Trinajstić information content (AvgIpc) is 3.51.